The van der Waals surface area contributed by atoms with E-state index < -0.39 is 5.63 Å². The summed E-state index contributed by atoms with van der Waals surface area (Å²) in [5.74, 6) is -1.23. The van der Waals surface area contributed by atoms with Gasteiger partial charge in [-0.2, -0.15) is 0 Å². The van der Waals surface area contributed by atoms with E-state index in [2.05, 4.69) is 0 Å². The van der Waals surface area contributed by atoms with E-state index in [-0.39, 0.29) is 28.6 Å². The molecule has 116 valence electrons. The average Bonchev–Trinajstić information content (AvgIpc) is 2.50. The molecule has 2 aromatic carbocycles. The van der Waals surface area contributed by atoms with Crippen LogP contribution in [0.2, 0.25) is 0 Å². The molecule has 4 N–H and O–H groups in total. The van der Waals surface area contributed by atoms with Gasteiger partial charge in [-0.1, -0.05) is 0 Å². The smallest absolute Gasteiger partial charge is 0.340 e. The highest BCUT2D eigenvalue weighted by Gasteiger charge is 2.25. The van der Waals surface area contributed by atoms with Gasteiger partial charge in [0.15, 0.2) is 23.0 Å². The number of phenolic OH excluding ortho intramolecular Hbond substituents is 4. The lowest BCUT2D eigenvalue weighted by atomic mass is 9.84. The molecular formula is C17H12O6. The second-order valence-electron chi connectivity index (χ2n) is 5.58. The largest absolute Gasteiger partial charge is 0.504 e. The molecule has 0 spiro atoms. The highest BCUT2D eigenvalue weighted by molar-refractivity contribution is 5.98. The number of hydrogen-bond donors (Lipinski definition) is 4. The van der Waals surface area contributed by atoms with Gasteiger partial charge in [0.25, 0.3) is 0 Å². The molecule has 0 amide bonds. The molecule has 1 aliphatic rings. The highest BCUT2D eigenvalue weighted by Crippen LogP contribution is 2.43. The summed E-state index contributed by atoms with van der Waals surface area (Å²) in [4.78, 5) is 12.2. The molecule has 3 aromatic rings. The van der Waals surface area contributed by atoms with Crippen molar-refractivity contribution in [1.82, 2.24) is 0 Å². The van der Waals surface area contributed by atoms with Crippen LogP contribution < -0.4 is 5.63 Å². The average molecular weight is 312 g/mol. The van der Waals surface area contributed by atoms with Gasteiger partial charge in [0.05, 0.1) is 0 Å². The number of aryl methyl sites for hydroxylation is 1. The van der Waals surface area contributed by atoms with Crippen molar-refractivity contribution in [3.05, 3.63) is 45.8 Å². The lowest BCUT2D eigenvalue weighted by Gasteiger charge is -2.21. The van der Waals surface area contributed by atoms with E-state index in [9.17, 15) is 25.2 Å². The van der Waals surface area contributed by atoms with Crippen molar-refractivity contribution in [3.8, 4) is 34.1 Å². The molecule has 1 aromatic heterocycles. The Kier molecular flexibility index (Phi) is 2.60. The van der Waals surface area contributed by atoms with Crippen LogP contribution in [0.15, 0.2) is 33.5 Å². The van der Waals surface area contributed by atoms with Crippen LogP contribution in [0.5, 0.6) is 23.0 Å². The minimum atomic E-state index is -0.518. The Balaban J connectivity index is 2.18. The Hall–Kier alpha value is -3.15. The molecule has 6 nitrogen and oxygen atoms in total. The maximum Gasteiger partial charge on any atom is 0.340 e. The zero-order valence-electron chi connectivity index (χ0n) is 11.8. The number of fused-ring (bicyclic) bond motifs is 5. The summed E-state index contributed by atoms with van der Waals surface area (Å²) in [5.41, 5.74) is 2.00. The zero-order valence-corrected chi connectivity index (χ0v) is 11.8. The third-order valence-electron chi connectivity index (χ3n) is 4.21. The van der Waals surface area contributed by atoms with Gasteiger partial charge in [0.1, 0.15) is 5.58 Å². The van der Waals surface area contributed by atoms with E-state index in [1.54, 1.807) is 0 Å². The van der Waals surface area contributed by atoms with Gasteiger partial charge < -0.3 is 24.8 Å². The van der Waals surface area contributed by atoms with Crippen LogP contribution in [0.1, 0.15) is 11.1 Å². The molecule has 0 radical (unpaired) electrons. The van der Waals surface area contributed by atoms with E-state index in [1.807, 2.05) is 0 Å². The first kappa shape index (κ1) is 13.5. The first-order valence-electron chi connectivity index (χ1n) is 7.02. The number of phenols is 4. The van der Waals surface area contributed by atoms with Gasteiger partial charge in [-0.25, -0.2) is 4.79 Å². The molecular weight excluding hydrogens is 300 g/mol. The van der Waals surface area contributed by atoms with E-state index in [4.69, 9.17) is 4.42 Å². The minimum Gasteiger partial charge on any atom is -0.504 e. The number of rotatable bonds is 0. The quantitative estimate of drug-likeness (QED) is 0.374. The summed E-state index contributed by atoms with van der Waals surface area (Å²) < 4.78 is 5.23. The fraction of sp³-hybridized carbons (Fsp3) is 0.118. The molecule has 4 rings (SSSR count). The molecule has 1 heterocycles. The van der Waals surface area contributed by atoms with Crippen molar-refractivity contribution >= 4 is 11.0 Å². The highest BCUT2D eigenvalue weighted by atomic mass is 16.4. The van der Waals surface area contributed by atoms with Gasteiger partial charge >= 0.3 is 5.63 Å². The van der Waals surface area contributed by atoms with Crippen LogP contribution in [0.3, 0.4) is 0 Å². The van der Waals surface area contributed by atoms with Gasteiger partial charge in [0.2, 0.25) is 0 Å². The summed E-state index contributed by atoms with van der Waals surface area (Å²) in [6, 6.07) is 5.37. The summed E-state index contributed by atoms with van der Waals surface area (Å²) in [5, 5.41) is 39.3. The molecule has 23 heavy (non-hydrogen) atoms. The Morgan fingerprint density at radius 3 is 2.26 bits per heavy atom. The van der Waals surface area contributed by atoms with Gasteiger partial charge in [0, 0.05) is 22.6 Å². The SMILES string of the molecule is O=c1oc2cc(O)c(O)cc2c2c1CCc1cc(O)c(O)cc1-2. The first-order valence-corrected chi connectivity index (χ1v) is 7.02. The molecule has 0 aliphatic heterocycles. The fourth-order valence-corrected chi connectivity index (χ4v) is 3.12. The Labute approximate surface area is 129 Å². The number of hydrogen-bond acceptors (Lipinski definition) is 6. The second-order valence-corrected chi connectivity index (χ2v) is 5.58. The molecule has 0 fully saturated rings. The van der Waals surface area contributed by atoms with Crippen LogP contribution in [0.25, 0.3) is 22.1 Å². The van der Waals surface area contributed by atoms with Crippen molar-refractivity contribution in [2.45, 2.75) is 12.8 Å². The molecule has 0 saturated carbocycles. The van der Waals surface area contributed by atoms with Crippen molar-refractivity contribution in [1.29, 1.82) is 0 Å². The topological polar surface area (TPSA) is 111 Å². The molecule has 0 saturated heterocycles. The predicted octanol–water partition coefficient (Wildman–Crippen LogP) is 2.38. The van der Waals surface area contributed by atoms with Crippen LogP contribution in [0, 0.1) is 0 Å². The first-order chi connectivity index (χ1) is 11.0. The Morgan fingerprint density at radius 2 is 1.48 bits per heavy atom. The van der Waals surface area contributed by atoms with Crippen LogP contribution in [0.4, 0.5) is 0 Å². The Bertz CT molecular complexity index is 1030. The van der Waals surface area contributed by atoms with Gasteiger partial charge in [-0.3, -0.25) is 0 Å². The van der Waals surface area contributed by atoms with Crippen molar-refractivity contribution in [2.75, 3.05) is 0 Å². The van der Waals surface area contributed by atoms with Crippen LogP contribution in [-0.2, 0) is 12.8 Å². The third kappa shape index (κ3) is 1.85. The van der Waals surface area contributed by atoms with Crippen molar-refractivity contribution < 1.29 is 24.8 Å². The second kappa shape index (κ2) is 4.42. The monoisotopic (exact) mass is 312 g/mol. The van der Waals surface area contributed by atoms with E-state index in [0.29, 0.717) is 34.9 Å². The molecule has 1 aliphatic carbocycles. The maximum atomic E-state index is 12.2. The van der Waals surface area contributed by atoms with Gasteiger partial charge in [-0.05, 0) is 42.2 Å². The number of benzene rings is 2. The normalized spacial score (nSPS) is 12.9. The standard InChI is InChI=1S/C17H12O6/c18-11-3-7-1-2-8-16(9(7)4-12(11)19)10-5-13(20)14(21)6-15(10)23-17(8)22/h3-6,18-21H,1-2H2. The predicted molar refractivity (Wildman–Crippen MR) is 82.0 cm³/mol. The molecule has 0 bridgehead atoms. The minimum absolute atomic E-state index is 0.143. The molecule has 0 unspecified atom stereocenters. The number of aromatic hydroxyl groups is 4. The third-order valence-corrected chi connectivity index (χ3v) is 4.21. The summed E-state index contributed by atoms with van der Waals surface area (Å²) in [6.07, 6.45) is 0.947. The van der Waals surface area contributed by atoms with Crippen LogP contribution in [-0.4, -0.2) is 20.4 Å². The Morgan fingerprint density at radius 1 is 0.826 bits per heavy atom. The maximum absolute atomic E-state index is 12.2. The van der Waals surface area contributed by atoms with Crippen molar-refractivity contribution in [2.24, 2.45) is 0 Å². The lowest BCUT2D eigenvalue weighted by Crippen LogP contribution is -2.15. The van der Waals surface area contributed by atoms with Crippen molar-refractivity contribution in [3.63, 3.8) is 0 Å². The lowest BCUT2D eigenvalue weighted by molar-refractivity contribution is 0.403. The molecule has 0 atom stereocenters. The molecule has 6 heteroatoms. The van der Waals surface area contributed by atoms with Crippen LogP contribution >= 0.6 is 0 Å². The zero-order chi connectivity index (χ0) is 16.3. The van der Waals surface area contributed by atoms with E-state index >= 15 is 0 Å². The van der Waals surface area contributed by atoms with E-state index in [0.717, 1.165) is 5.56 Å². The summed E-state index contributed by atoms with van der Waals surface area (Å²) in [6.45, 7) is 0. The summed E-state index contributed by atoms with van der Waals surface area (Å²) >= 11 is 0. The van der Waals surface area contributed by atoms with Gasteiger partial charge in [-0.15, -0.1) is 0 Å². The van der Waals surface area contributed by atoms with E-state index in [1.165, 1.54) is 24.3 Å². The summed E-state index contributed by atoms with van der Waals surface area (Å²) in [7, 11) is 0. The fourth-order valence-electron chi connectivity index (χ4n) is 3.12.